The predicted octanol–water partition coefficient (Wildman–Crippen LogP) is 2.69. The lowest BCUT2D eigenvalue weighted by atomic mass is 10.1. The third kappa shape index (κ3) is 2.20. The van der Waals surface area contributed by atoms with Crippen molar-refractivity contribution >= 4 is 11.5 Å². The second-order valence-electron chi connectivity index (χ2n) is 5.06. The van der Waals surface area contributed by atoms with Crippen molar-refractivity contribution in [3.63, 3.8) is 0 Å². The van der Waals surface area contributed by atoms with E-state index >= 15 is 0 Å². The Morgan fingerprint density at radius 2 is 2.11 bits per heavy atom. The topological polar surface area (TPSA) is 38.1 Å². The zero-order chi connectivity index (χ0) is 14.3. The molecule has 0 bridgehead atoms. The van der Waals surface area contributed by atoms with E-state index in [1.54, 1.807) is 0 Å². The molecule has 0 saturated carbocycles. The van der Waals surface area contributed by atoms with E-state index in [0.717, 1.165) is 17.0 Å². The predicted molar refractivity (Wildman–Crippen MR) is 71.9 cm³/mol. The maximum atomic E-state index is 13.1. The molecule has 1 amide bonds. The number of carbonyl (C=O) groups is 1. The van der Waals surface area contributed by atoms with Crippen LogP contribution in [0.2, 0.25) is 0 Å². The summed E-state index contributed by atoms with van der Waals surface area (Å²) in [5, 5.41) is 4.45. The number of hydrogen-bond acceptors (Lipinski definition) is 2. The van der Waals surface area contributed by atoms with Gasteiger partial charge in [0.2, 0.25) is 0 Å². The van der Waals surface area contributed by atoms with E-state index in [4.69, 9.17) is 0 Å². The van der Waals surface area contributed by atoms with Gasteiger partial charge >= 0.3 is 0 Å². The van der Waals surface area contributed by atoms with Crippen molar-refractivity contribution in [1.82, 2.24) is 14.7 Å². The number of amides is 1. The number of nitrogens with zero attached hydrogens (tertiary/aromatic N) is 3. The molecule has 5 heteroatoms. The fourth-order valence-corrected chi connectivity index (χ4v) is 2.50. The molecule has 102 valence electrons. The Morgan fingerprint density at radius 1 is 1.47 bits per heavy atom. The highest BCUT2D eigenvalue weighted by Gasteiger charge is 2.35. The molecule has 0 aromatic carbocycles. The van der Waals surface area contributed by atoms with Gasteiger partial charge in [-0.1, -0.05) is 13.2 Å². The minimum absolute atomic E-state index is 0.125. The molecule has 1 aliphatic heterocycles. The van der Waals surface area contributed by atoms with E-state index in [-0.39, 0.29) is 12.1 Å². The number of allylic oxidation sites excluding steroid dienone is 1. The molecule has 19 heavy (non-hydrogen) atoms. The Morgan fingerprint density at radius 3 is 2.63 bits per heavy atom. The molecule has 2 heterocycles. The molecule has 4 nitrogen and oxygen atoms in total. The SMILES string of the molecule is C=C(F)C(=O)N1C(C)Cn2nc(C(=C)C)cc2C1C. The van der Waals surface area contributed by atoms with Crippen LogP contribution in [0.1, 0.15) is 38.2 Å². The second kappa shape index (κ2) is 4.64. The Balaban J connectivity index is 2.41. The van der Waals surface area contributed by atoms with Crippen LogP contribution in [0.5, 0.6) is 0 Å². The molecule has 2 atom stereocenters. The number of hydrogen-bond donors (Lipinski definition) is 0. The van der Waals surface area contributed by atoms with Crippen LogP contribution in [0, 0.1) is 0 Å². The molecule has 0 N–H and O–H groups in total. The van der Waals surface area contributed by atoms with Crippen LogP contribution in [0.3, 0.4) is 0 Å². The summed E-state index contributed by atoms with van der Waals surface area (Å²) in [5.74, 6) is -1.57. The smallest absolute Gasteiger partial charge is 0.282 e. The van der Waals surface area contributed by atoms with Gasteiger partial charge < -0.3 is 4.90 Å². The maximum absolute atomic E-state index is 13.1. The van der Waals surface area contributed by atoms with Crippen LogP contribution in [-0.2, 0) is 11.3 Å². The van der Waals surface area contributed by atoms with Crippen molar-refractivity contribution < 1.29 is 9.18 Å². The van der Waals surface area contributed by atoms with Crippen LogP contribution in [-0.4, -0.2) is 26.6 Å². The van der Waals surface area contributed by atoms with Gasteiger partial charge in [-0.05, 0) is 32.4 Å². The van der Waals surface area contributed by atoms with Crippen molar-refractivity contribution in [2.45, 2.75) is 39.4 Å². The van der Waals surface area contributed by atoms with Crippen LogP contribution in [0.15, 0.2) is 25.1 Å². The highest BCUT2D eigenvalue weighted by atomic mass is 19.1. The van der Waals surface area contributed by atoms with Gasteiger partial charge in [0.05, 0.1) is 24.0 Å². The normalized spacial score (nSPS) is 22.0. The van der Waals surface area contributed by atoms with Crippen molar-refractivity contribution in [3.05, 3.63) is 36.4 Å². The summed E-state index contributed by atoms with van der Waals surface area (Å²) < 4.78 is 15.0. The minimum Gasteiger partial charge on any atom is -0.324 e. The van der Waals surface area contributed by atoms with Gasteiger partial charge in [0.15, 0.2) is 5.83 Å². The molecule has 1 aromatic heterocycles. The molecule has 0 saturated heterocycles. The fourth-order valence-electron chi connectivity index (χ4n) is 2.50. The molecular formula is C14H18FN3O. The maximum Gasteiger partial charge on any atom is 0.282 e. The first-order valence-electron chi connectivity index (χ1n) is 6.23. The third-order valence-corrected chi connectivity index (χ3v) is 3.47. The number of rotatable bonds is 2. The van der Waals surface area contributed by atoms with E-state index in [0.29, 0.717) is 6.54 Å². The summed E-state index contributed by atoms with van der Waals surface area (Å²) in [5.41, 5.74) is 2.57. The number of halogens is 1. The summed E-state index contributed by atoms with van der Waals surface area (Å²) in [6.07, 6.45) is 0. The lowest BCUT2D eigenvalue weighted by Crippen LogP contribution is -2.47. The zero-order valence-electron chi connectivity index (χ0n) is 11.5. The van der Waals surface area contributed by atoms with Crippen LogP contribution >= 0.6 is 0 Å². The fraction of sp³-hybridized carbons (Fsp3) is 0.429. The molecule has 0 radical (unpaired) electrons. The summed E-state index contributed by atoms with van der Waals surface area (Å²) in [6.45, 7) is 13.1. The van der Waals surface area contributed by atoms with E-state index in [1.807, 2.05) is 31.5 Å². The quantitative estimate of drug-likeness (QED) is 0.769. The van der Waals surface area contributed by atoms with Crippen molar-refractivity contribution in [2.75, 3.05) is 0 Å². The molecule has 0 aliphatic carbocycles. The van der Waals surface area contributed by atoms with Gasteiger partial charge in [-0.15, -0.1) is 0 Å². The molecule has 1 aromatic rings. The Bertz CT molecular complexity index is 561. The lowest BCUT2D eigenvalue weighted by molar-refractivity contribution is -0.134. The van der Waals surface area contributed by atoms with Crippen LogP contribution in [0.25, 0.3) is 5.57 Å². The van der Waals surface area contributed by atoms with Crippen LogP contribution in [0.4, 0.5) is 4.39 Å². The van der Waals surface area contributed by atoms with Crippen molar-refractivity contribution in [2.24, 2.45) is 0 Å². The summed E-state index contributed by atoms with van der Waals surface area (Å²) >= 11 is 0. The molecule has 2 rings (SSSR count). The molecular weight excluding hydrogens is 245 g/mol. The number of carbonyl (C=O) groups excluding carboxylic acids is 1. The van der Waals surface area contributed by atoms with Gasteiger partial charge in [0.1, 0.15) is 0 Å². The van der Waals surface area contributed by atoms with Gasteiger partial charge in [-0.3, -0.25) is 9.48 Å². The van der Waals surface area contributed by atoms with Gasteiger partial charge in [-0.2, -0.15) is 5.10 Å². The van der Waals surface area contributed by atoms with E-state index < -0.39 is 11.7 Å². The Hall–Kier alpha value is -1.91. The first-order chi connectivity index (χ1) is 8.82. The largest absolute Gasteiger partial charge is 0.324 e. The monoisotopic (exact) mass is 263 g/mol. The highest BCUT2D eigenvalue weighted by molar-refractivity contribution is 5.91. The Labute approximate surface area is 112 Å². The molecule has 0 spiro atoms. The van der Waals surface area contributed by atoms with Crippen molar-refractivity contribution in [3.8, 4) is 0 Å². The second-order valence-corrected chi connectivity index (χ2v) is 5.06. The standard InChI is InChI=1S/C14H18FN3O/c1-8(2)12-6-13-11(5)18(14(19)10(4)15)9(3)7-17(13)16-12/h6,9,11H,1,4,7H2,2-3,5H3. The zero-order valence-corrected chi connectivity index (χ0v) is 11.5. The average molecular weight is 263 g/mol. The van der Waals surface area contributed by atoms with E-state index in [1.165, 1.54) is 4.90 Å². The van der Waals surface area contributed by atoms with Crippen molar-refractivity contribution in [1.29, 1.82) is 0 Å². The first-order valence-corrected chi connectivity index (χ1v) is 6.23. The van der Waals surface area contributed by atoms with E-state index in [2.05, 4.69) is 18.3 Å². The number of aromatic nitrogens is 2. The minimum atomic E-state index is -0.924. The van der Waals surface area contributed by atoms with E-state index in [9.17, 15) is 9.18 Å². The van der Waals surface area contributed by atoms with Gasteiger partial charge in [-0.25, -0.2) is 4.39 Å². The molecule has 1 aliphatic rings. The van der Waals surface area contributed by atoms with Crippen LogP contribution < -0.4 is 0 Å². The first kappa shape index (κ1) is 13.5. The van der Waals surface area contributed by atoms with Gasteiger partial charge in [0, 0.05) is 6.04 Å². The lowest BCUT2D eigenvalue weighted by Gasteiger charge is -2.38. The highest BCUT2D eigenvalue weighted by Crippen LogP contribution is 2.31. The molecule has 2 unspecified atom stereocenters. The van der Waals surface area contributed by atoms with Gasteiger partial charge in [0.25, 0.3) is 5.91 Å². The summed E-state index contributed by atoms with van der Waals surface area (Å²) in [6, 6.07) is 1.55. The average Bonchev–Trinajstić information content (AvgIpc) is 2.72. The Kier molecular flexibility index (Phi) is 3.30. The third-order valence-electron chi connectivity index (χ3n) is 3.47. The number of fused-ring (bicyclic) bond motifs is 1. The summed E-state index contributed by atoms with van der Waals surface area (Å²) in [7, 11) is 0. The molecule has 0 fully saturated rings. The summed E-state index contributed by atoms with van der Waals surface area (Å²) in [4.78, 5) is 13.4.